The van der Waals surface area contributed by atoms with Gasteiger partial charge in [0.15, 0.2) is 0 Å². The second-order valence-electron chi connectivity index (χ2n) is 4.63. The molecule has 0 aliphatic carbocycles. The lowest BCUT2D eigenvalue weighted by atomic mass is 10.3. The Hall–Kier alpha value is -1.39. The Morgan fingerprint density at radius 2 is 2.11 bits per heavy atom. The number of nitrogens with two attached hydrogens (primary N) is 1. The van der Waals surface area contributed by atoms with Gasteiger partial charge in [-0.3, -0.25) is 0 Å². The number of aromatic nitrogens is 2. The maximum absolute atomic E-state index is 5.64. The summed E-state index contributed by atoms with van der Waals surface area (Å²) in [7, 11) is 0. The number of hydrogen-bond donors (Lipinski definition) is 1. The van der Waals surface area contributed by atoms with Crippen molar-refractivity contribution in [3.8, 4) is 0 Å². The van der Waals surface area contributed by atoms with Crippen LogP contribution in [0.5, 0.6) is 0 Å². The van der Waals surface area contributed by atoms with Gasteiger partial charge in [0, 0.05) is 13.0 Å². The lowest BCUT2D eigenvalue weighted by Crippen LogP contribution is -2.14. The van der Waals surface area contributed by atoms with Crippen LogP contribution < -0.4 is 5.73 Å². The van der Waals surface area contributed by atoms with Gasteiger partial charge >= 0.3 is 0 Å². The molecule has 0 aliphatic rings. The first-order chi connectivity index (χ1) is 8.72. The van der Waals surface area contributed by atoms with Gasteiger partial charge in [0.1, 0.15) is 5.82 Å². The van der Waals surface area contributed by atoms with Crippen molar-refractivity contribution in [2.24, 2.45) is 5.73 Å². The summed E-state index contributed by atoms with van der Waals surface area (Å²) in [4.78, 5) is 4.63. The largest absolute Gasteiger partial charge is 0.377 e. The molecule has 0 atom stereocenters. The van der Waals surface area contributed by atoms with E-state index in [1.165, 1.54) is 0 Å². The van der Waals surface area contributed by atoms with Crippen molar-refractivity contribution >= 4 is 11.0 Å². The van der Waals surface area contributed by atoms with Crippen molar-refractivity contribution in [3.63, 3.8) is 0 Å². The van der Waals surface area contributed by atoms with Crippen molar-refractivity contribution < 1.29 is 4.74 Å². The normalized spacial score (nSPS) is 11.6. The Morgan fingerprint density at radius 1 is 1.33 bits per heavy atom. The van der Waals surface area contributed by atoms with Crippen molar-refractivity contribution in [1.82, 2.24) is 9.55 Å². The summed E-state index contributed by atoms with van der Waals surface area (Å²) in [6.07, 6.45) is 1.06. The maximum Gasteiger partial charge on any atom is 0.111 e. The average molecular weight is 247 g/mol. The van der Waals surface area contributed by atoms with Gasteiger partial charge in [-0.05, 0) is 32.5 Å². The van der Waals surface area contributed by atoms with E-state index < -0.39 is 0 Å². The molecule has 0 spiro atoms. The number of imidazole rings is 1. The van der Waals surface area contributed by atoms with Crippen LogP contribution in [0.3, 0.4) is 0 Å². The van der Waals surface area contributed by atoms with Gasteiger partial charge < -0.3 is 15.0 Å². The van der Waals surface area contributed by atoms with Crippen molar-refractivity contribution in [2.45, 2.75) is 32.9 Å². The minimum atomic E-state index is 0.262. The predicted octanol–water partition coefficient (Wildman–Crippen LogP) is 1.96. The molecule has 0 fully saturated rings. The molecule has 2 aromatic rings. The molecular weight excluding hydrogens is 226 g/mol. The number of rotatable bonds is 6. The molecule has 0 unspecified atom stereocenters. The molecule has 18 heavy (non-hydrogen) atoms. The molecule has 0 radical (unpaired) electrons. The Morgan fingerprint density at radius 3 is 2.83 bits per heavy atom. The van der Waals surface area contributed by atoms with Gasteiger partial charge in [-0.25, -0.2) is 4.98 Å². The maximum atomic E-state index is 5.64. The van der Waals surface area contributed by atoms with Gasteiger partial charge in [0.25, 0.3) is 0 Å². The molecule has 1 aromatic carbocycles. The third kappa shape index (κ3) is 2.89. The zero-order valence-electron chi connectivity index (χ0n) is 11.1. The molecule has 4 nitrogen and oxygen atoms in total. The Labute approximate surface area is 108 Å². The molecule has 0 bridgehead atoms. The van der Waals surface area contributed by atoms with Gasteiger partial charge in [0.2, 0.25) is 0 Å². The molecule has 4 heteroatoms. The molecule has 98 valence electrons. The van der Waals surface area contributed by atoms with Crippen molar-refractivity contribution in [1.29, 1.82) is 0 Å². The average Bonchev–Trinajstić information content (AvgIpc) is 2.68. The first-order valence-corrected chi connectivity index (χ1v) is 6.48. The summed E-state index contributed by atoms with van der Waals surface area (Å²) >= 11 is 0. The quantitative estimate of drug-likeness (QED) is 0.849. The minimum absolute atomic E-state index is 0.262. The van der Waals surface area contributed by atoms with E-state index in [4.69, 9.17) is 10.5 Å². The number of nitrogens with zero attached hydrogens (tertiary/aromatic N) is 2. The van der Waals surface area contributed by atoms with Crippen LogP contribution in [-0.2, 0) is 17.7 Å². The highest BCUT2D eigenvalue weighted by atomic mass is 16.5. The zero-order valence-corrected chi connectivity index (χ0v) is 11.1. The van der Waals surface area contributed by atoms with Crippen LogP contribution in [0, 0.1) is 0 Å². The van der Waals surface area contributed by atoms with Crippen LogP contribution in [0.1, 0.15) is 19.7 Å². The van der Waals surface area contributed by atoms with Crippen LogP contribution >= 0.6 is 0 Å². The topological polar surface area (TPSA) is 53.1 Å². The third-order valence-electron chi connectivity index (χ3n) is 2.87. The van der Waals surface area contributed by atoms with Crippen molar-refractivity contribution in [3.05, 3.63) is 30.1 Å². The third-order valence-corrected chi connectivity index (χ3v) is 2.87. The van der Waals surface area contributed by atoms with Crippen LogP contribution in [0.25, 0.3) is 11.0 Å². The van der Waals surface area contributed by atoms with E-state index in [1.54, 1.807) is 0 Å². The standard InChI is InChI=1S/C14H21N3O/c1-11(2)18-10-9-17-13-6-4-3-5-12(13)16-14(17)7-8-15/h3-6,11H,7-10,15H2,1-2H3. The van der Waals surface area contributed by atoms with E-state index in [1.807, 2.05) is 32.0 Å². The van der Waals surface area contributed by atoms with E-state index in [2.05, 4.69) is 15.6 Å². The van der Waals surface area contributed by atoms with Crippen LogP contribution in [0.15, 0.2) is 24.3 Å². The highest BCUT2D eigenvalue weighted by Gasteiger charge is 2.09. The van der Waals surface area contributed by atoms with Crippen LogP contribution in [0.2, 0.25) is 0 Å². The molecule has 1 heterocycles. The molecule has 0 saturated carbocycles. The summed E-state index contributed by atoms with van der Waals surface area (Å²) in [6.45, 7) is 6.25. The summed E-state index contributed by atoms with van der Waals surface area (Å²) < 4.78 is 7.83. The molecule has 0 aliphatic heterocycles. The lowest BCUT2D eigenvalue weighted by Gasteiger charge is -2.11. The molecule has 0 saturated heterocycles. The van der Waals surface area contributed by atoms with Gasteiger partial charge in [-0.1, -0.05) is 12.1 Å². The predicted molar refractivity (Wildman–Crippen MR) is 73.6 cm³/mol. The Bertz CT molecular complexity index is 505. The monoisotopic (exact) mass is 247 g/mol. The van der Waals surface area contributed by atoms with Gasteiger partial charge in [-0.2, -0.15) is 0 Å². The van der Waals surface area contributed by atoms with Crippen LogP contribution in [0.4, 0.5) is 0 Å². The number of hydrogen-bond acceptors (Lipinski definition) is 3. The smallest absolute Gasteiger partial charge is 0.111 e. The van der Waals surface area contributed by atoms with E-state index >= 15 is 0 Å². The minimum Gasteiger partial charge on any atom is -0.377 e. The second-order valence-corrected chi connectivity index (χ2v) is 4.63. The fourth-order valence-corrected chi connectivity index (χ4v) is 2.07. The number of para-hydroxylation sites is 2. The Balaban J connectivity index is 2.24. The van der Waals surface area contributed by atoms with Gasteiger partial charge in [-0.15, -0.1) is 0 Å². The first kappa shape index (κ1) is 13.1. The number of benzene rings is 1. The lowest BCUT2D eigenvalue weighted by molar-refractivity contribution is 0.0729. The second kappa shape index (κ2) is 5.98. The summed E-state index contributed by atoms with van der Waals surface area (Å²) in [6, 6.07) is 8.18. The Kier molecular flexibility index (Phi) is 4.33. The molecule has 1 aromatic heterocycles. The fourth-order valence-electron chi connectivity index (χ4n) is 2.07. The number of fused-ring (bicyclic) bond motifs is 1. The molecule has 2 N–H and O–H groups in total. The summed E-state index contributed by atoms with van der Waals surface area (Å²) in [5.41, 5.74) is 7.84. The fraction of sp³-hybridized carbons (Fsp3) is 0.500. The molecule has 0 amide bonds. The SMILES string of the molecule is CC(C)OCCn1c(CCN)nc2ccccc21. The zero-order chi connectivity index (χ0) is 13.0. The number of ether oxygens (including phenoxy) is 1. The van der Waals surface area contributed by atoms with E-state index in [9.17, 15) is 0 Å². The highest BCUT2D eigenvalue weighted by Crippen LogP contribution is 2.16. The van der Waals surface area contributed by atoms with E-state index in [-0.39, 0.29) is 6.10 Å². The van der Waals surface area contributed by atoms with E-state index in [0.29, 0.717) is 13.2 Å². The molecule has 2 rings (SSSR count). The van der Waals surface area contributed by atoms with Crippen molar-refractivity contribution in [2.75, 3.05) is 13.2 Å². The molecular formula is C14H21N3O. The summed E-state index contributed by atoms with van der Waals surface area (Å²) in [5, 5.41) is 0. The van der Waals surface area contributed by atoms with Crippen LogP contribution in [-0.4, -0.2) is 28.8 Å². The summed E-state index contributed by atoms with van der Waals surface area (Å²) in [5.74, 6) is 1.05. The first-order valence-electron chi connectivity index (χ1n) is 6.48. The van der Waals surface area contributed by atoms with Gasteiger partial charge in [0.05, 0.1) is 23.7 Å². The van der Waals surface area contributed by atoms with E-state index in [0.717, 1.165) is 29.8 Å². The highest BCUT2D eigenvalue weighted by molar-refractivity contribution is 5.75.